The van der Waals surface area contributed by atoms with Crippen LogP contribution in [0.15, 0.2) is 77.7 Å². The van der Waals surface area contributed by atoms with Crippen LogP contribution in [0, 0.1) is 5.82 Å². The van der Waals surface area contributed by atoms with Crippen molar-refractivity contribution in [2.24, 2.45) is 0 Å². The van der Waals surface area contributed by atoms with E-state index in [0.717, 1.165) is 23.4 Å². The van der Waals surface area contributed by atoms with Crippen LogP contribution in [0.3, 0.4) is 0 Å². The largest absolute Gasteiger partial charge is 0.483 e. The number of halogens is 1. The number of hydrazine groups is 1. The number of carbonyl (C=O) groups is 2. The third-order valence-corrected chi connectivity index (χ3v) is 6.07. The van der Waals surface area contributed by atoms with Gasteiger partial charge in [-0.3, -0.25) is 15.0 Å². The molecular weight excluding hydrogens is 459 g/mol. The number of carbonyl (C=O) groups excluding carboxylic acids is 2. The summed E-state index contributed by atoms with van der Waals surface area (Å²) < 4.78 is 44.2. The number of nitrogens with zero attached hydrogens (tertiary/aromatic N) is 1. The average molecular weight is 485 g/mol. The van der Waals surface area contributed by atoms with Crippen LogP contribution in [0.4, 0.5) is 4.39 Å². The number of ether oxygens (including phenoxy) is 1. The molecule has 7 nitrogen and oxygen atoms in total. The van der Waals surface area contributed by atoms with Gasteiger partial charge in [-0.1, -0.05) is 36.4 Å². The highest BCUT2D eigenvalue weighted by Gasteiger charge is 2.22. The van der Waals surface area contributed by atoms with E-state index < -0.39 is 34.1 Å². The fourth-order valence-corrected chi connectivity index (χ4v) is 4.21. The Hall–Kier alpha value is -3.72. The van der Waals surface area contributed by atoms with Crippen LogP contribution >= 0.6 is 0 Å². The third kappa shape index (κ3) is 5.99. The van der Waals surface area contributed by atoms with E-state index in [1.54, 1.807) is 62.4 Å². The minimum absolute atomic E-state index is 0.00991. The molecule has 0 aliphatic carbocycles. The van der Waals surface area contributed by atoms with E-state index in [4.69, 9.17) is 4.74 Å². The van der Waals surface area contributed by atoms with Crippen molar-refractivity contribution in [2.45, 2.75) is 24.8 Å². The molecule has 1 N–H and O–H groups in total. The van der Waals surface area contributed by atoms with Gasteiger partial charge in [0.1, 0.15) is 11.6 Å². The summed E-state index contributed by atoms with van der Waals surface area (Å²) in [6.07, 6.45) is 1.06. The van der Waals surface area contributed by atoms with Gasteiger partial charge >= 0.3 is 0 Å². The Morgan fingerprint density at radius 3 is 2.26 bits per heavy atom. The third-order valence-electron chi connectivity index (χ3n) is 4.91. The molecule has 0 heterocycles. The molecule has 3 rings (SSSR count). The topological polar surface area (TPSA) is 92.8 Å². The predicted molar refractivity (Wildman–Crippen MR) is 126 cm³/mol. The molecule has 0 aliphatic heterocycles. The minimum Gasteiger partial charge on any atom is -0.483 e. The molecule has 0 saturated heterocycles. The van der Waals surface area contributed by atoms with E-state index in [2.05, 4.69) is 5.43 Å². The number of hydrogen-bond donors (Lipinski definition) is 1. The van der Waals surface area contributed by atoms with Gasteiger partial charge < -0.3 is 4.74 Å². The van der Waals surface area contributed by atoms with E-state index in [0.29, 0.717) is 5.56 Å². The molecule has 0 aromatic heterocycles. The van der Waals surface area contributed by atoms with E-state index in [1.807, 2.05) is 0 Å². The molecule has 0 radical (unpaired) electrons. The Kier molecular flexibility index (Phi) is 7.68. The Morgan fingerprint density at radius 2 is 1.62 bits per heavy atom. The van der Waals surface area contributed by atoms with Crippen molar-refractivity contribution in [3.8, 4) is 16.9 Å². The first-order valence-corrected chi connectivity index (χ1v) is 12.4. The Balaban J connectivity index is 1.84. The molecule has 3 aromatic carbocycles. The van der Waals surface area contributed by atoms with Crippen molar-refractivity contribution in [3.63, 3.8) is 0 Å². The molecule has 34 heavy (non-hydrogen) atoms. The van der Waals surface area contributed by atoms with Gasteiger partial charge in [0.25, 0.3) is 11.8 Å². The highest BCUT2D eigenvalue weighted by Crippen LogP contribution is 2.35. The number of nitrogens with one attached hydrogen (secondary N) is 1. The SMILES string of the molecule is CC(C)N(NC(=O)c1ccccc1)C(=O)COc1ccc(F)cc1-c1ccccc1S(C)(=O)=O. The summed E-state index contributed by atoms with van der Waals surface area (Å²) in [7, 11) is -3.61. The van der Waals surface area contributed by atoms with Crippen molar-refractivity contribution < 1.29 is 27.1 Å². The summed E-state index contributed by atoms with van der Waals surface area (Å²) in [6.45, 7) is 3.00. The number of amides is 2. The minimum atomic E-state index is -3.61. The number of sulfone groups is 1. The molecule has 9 heteroatoms. The van der Waals surface area contributed by atoms with Gasteiger partial charge in [0.05, 0.1) is 4.90 Å². The maximum atomic E-state index is 14.1. The van der Waals surface area contributed by atoms with Crippen molar-refractivity contribution in [1.29, 1.82) is 0 Å². The van der Waals surface area contributed by atoms with Crippen LogP contribution in [0.2, 0.25) is 0 Å². The smallest absolute Gasteiger partial charge is 0.279 e. The zero-order valence-corrected chi connectivity index (χ0v) is 19.8. The molecule has 0 saturated carbocycles. The standard InChI is InChI=1S/C25H25FN2O5S/c1-17(2)28(27-25(30)18-9-5-4-6-10-18)24(29)16-33-22-14-13-19(26)15-21(22)20-11-7-8-12-23(20)34(3,31)32/h4-15,17H,16H2,1-3H3,(H,27,30). The predicted octanol–water partition coefficient (Wildman–Crippen LogP) is 3.86. The number of rotatable bonds is 7. The van der Waals surface area contributed by atoms with E-state index in [9.17, 15) is 22.4 Å². The van der Waals surface area contributed by atoms with Crippen LogP contribution in [0.25, 0.3) is 11.1 Å². The second-order valence-corrected chi connectivity index (χ2v) is 9.85. The normalized spacial score (nSPS) is 11.2. The number of hydrogen-bond acceptors (Lipinski definition) is 5. The molecular formula is C25H25FN2O5S. The Bertz CT molecular complexity index is 1290. The van der Waals surface area contributed by atoms with Crippen molar-refractivity contribution in [3.05, 3.63) is 84.2 Å². The van der Waals surface area contributed by atoms with Crippen LogP contribution in [-0.4, -0.2) is 44.1 Å². The second-order valence-electron chi connectivity index (χ2n) is 7.86. The second kappa shape index (κ2) is 10.5. The first-order chi connectivity index (χ1) is 16.1. The summed E-state index contributed by atoms with van der Waals surface area (Å²) in [5.41, 5.74) is 3.42. The zero-order valence-electron chi connectivity index (χ0n) is 19.0. The number of benzene rings is 3. The highest BCUT2D eigenvalue weighted by molar-refractivity contribution is 7.90. The Labute approximate surface area is 198 Å². The van der Waals surface area contributed by atoms with Gasteiger partial charge in [-0.25, -0.2) is 17.8 Å². The molecule has 178 valence electrons. The monoisotopic (exact) mass is 484 g/mol. The van der Waals surface area contributed by atoms with Gasteiger partial charge in [0.2, 0.25) is 0 Å². The lowest BCUT2D eigenvalue weighted by Crippen LogP contribution is -2.51. The van der Waals surface area contributed by atoms with Crippen molar-refractivity contribution >= 4 is 21.7 Å². The lowest BCUT2D eigenvalue weighted by atomic mass is 10.0. The van der Waals surface area contributed by atoms with Crippen molar-refractivity contribution in [2.75, 3.05) is 12.9 Å². The highest BCUT2D eigenvalue weighted by atomic mass is 32.2. The Morgan fingerprint density at radius 1 is 0.971 bits per heavy atom. The van der Waals surface area contributed by atoms with Gasteiger partial charge in [0.15, 0.2) is 16.4 Å². The molecule has 0 spiro atoms. The summed E-state index contributed by atoms with van der Waals surface area (Å²) in [6, 6.07) is 17.9. The molecule has 2 amide bonds. The maximum Gasteiger partial charge on any atom is 0.279 e. The van der Waals surface area contributed by atoms with Crippen LogP contribution in [-0.2, 0) is 14.6 Å². The van der Waals surface area contributed by atoms with Crippen LogP contribution in [0.1, 0.15) is 24.2 Å². The zero-order chi connectivity index (χ0) is 24.9. The lowest BCUT2D eigenvalue weighted by molar-refractivity contribution is -0.137. The lowest BCUT2D eigenvalue weighted by Gasteiger charge is -2.27. The van der Waals surface area contributed by atoms with Gasteiger partial charge in [-0.2, -0.15) is 0 Å². The first kappa shape index (κ1) is 24.9. The quantitative estimate of drug-likeness (QED) is 0.514. The van der Waals surface area contributed by atoms with E-state index >= 15 is 0 Å². The average Bonchev–Trinajstić information content (AvgIpc) is 2.81. The molecule has 0 aliphatic rings. The molecule has 0 atom stereocenters. The molecule has 0 unspecified atom stereocenters. The van der Waals surface area contributed by atoms with Gasteiger partial charge in [-0.15, -0.1) is 0 Å². The summed E-state index contributed by atoms with van der Waals surface area (Å²) in [5, 5.41) is 1.16. The van der Waals surface area contributed by atoms with Crippen LogP contribution < -0.4 is 10.2 Å². The summed E-state index contributed by atoms with van der Waals surface area (Å²) >= 11 is 0. The first-order valence-electron chi connectivity index (χ1n) is 10.5. The molecule has 0 bridgehead atoms. The van der Waals surface area contributed by atoms with Gasteiger partial charge in [0, 0.05) is 29.0 Å². The van der Waals surface area contributed by atoms with Gasteiger partial charge in [-0.05, 0) is 50.2 Å². The van der Waals surface area contributed by atoms with E-state index in [1.165, 1.54) is 12.1 Å². The maximum absolute atomic E-state index is 14.1. The van der Waals surface area contributed by atoms with Crippen molar-refractivity contribution in [1.82, 2.24) is 10.4 Å². The van der Waals surface area contributed by atoms with E-state index in [-0.39, 0.29) is 27.8 Å². The molecule has 3 aromatic rings. The summed E-state index contributed by atoms with van der Waals surface area (Å²) in [5.74, 6) is -1.45. The fourth-order valence-electron chi connectivity index (χ4n) is 3.30. The fraction of sp³-hybridized carbons (Fsp3) is 0.200. The molecule has 0 fully saturated rings. The summed E-state index contributed by atoms with van der Waals surface area (Å²) in [4.78, 5) is 25.4. The van der Waals surface area contributed by atoms with Crippen LogP contribution in [0.5, 0.6) is 5.75 Å².